The van der Waals surface area contributed by atoms with Crippen molar-refractivity contribution in [1.29, 1.82) is 0 Å². The van der Waals surface area contributed by atoms with E-state index < -0.39 is 6.03 Å². The molecule has 5 nitrogen and oxygen atoms in total. The number of hydrogen-bond donors (Lipinski definition) is 1. The molecule has 0 saturated heterocycles. The van der Waals surface area contributed by atoms with Gasteiger partial charge in [-0.05, 0) is 6.07 Å². The minimum absolute atomic E-state index is 0. The van der Waals surface area contributed by atoms with Crippen LogP contribution >= 0.6 is 11.6 Å². The number of fused-ring (bicyclic) bond motifs is 1. The van der Waals surface area contributed by atoms with Crippen molar-refractivity contribution < 1.29 is 4.79 Å². The van der Waals surface area contributed by atoms with E-state index in [4.69, 9.17) is 17.3 Å². The number of nitrogens with zero attached hydrogens (tertiary/aromatic N) is 3. The second kappa shape index (κ2) is 4.69. The van der Waals surface area contributed by atoms with E-state index in [9.17, 15) is 4.79 Å². The van der Waals surface area contributed by atoms with Crippen LogP contribution < -0.4 is 5.73 Å². The molecule has 2 rings (SSSR count). The molecule has 2 heterocycles. The average molecular weight is 237 g/mol. The fraction of sp³-hybridized carbons (Fsp3) is 0. The number of rotatable bonds is 0. The summed E-state index contributed by atoms with van der Waals surface area (Å²) in [7, 11) is 0. The van der Waals surface area contributed by atoms with Crippen LogP contribution in [0.5, 0.6) is 0 Å². The molecule has 0 saturated carbocycles. The third-order valence-corrected chi connectivity index (χ3v) is 1.97. The Morgan fingerprint density at radius 3 is 2.86 bits per heavy atom. The third kappa shape index (κ3) is 2.00. The second-order valence-corrected chi connectivity index (χ2v) is 2.78. The third-order valence-electron chi connectivity index (χ3n) is 1.67. The van der Waals surface area contributed by atoms with E-state index >= 15 is 0 Å². The molecule has 0 aliphatic heterocycles. The Morgan fingerprint density at radius 1 is 1.50 bits per heavy atom. The summed E-state index contributed by atoms with van der Waals surface area (Å²) >= 11 is 5.76. The fourth-order valence-electron chi connectivity index (χ4n) is 1.10. The molecule has 0 bridgehead atoms. The molecule has 0 radical (unpaired) electrons. The molecule has 0 aliphatic carbocycles. The minimum atomic E-state index is -0.593. The van der Waals surface area contributed by atoms with Gasteiger partial charge >= 0.3 is 57.4 Å². The van der Waals surface area contributed by atoms with E-state index in [1.807, 2.05) is 0 Å². The molecule has 1 amide bonds. The maximum absolute atomic E-state index is 10.9. The summed E-state index contributed by atoms with van der Waals surface area (Å²) in [4.78, 5) is 18.5. The van der Waals surface area contributed by atoms with Crippen molar-refractivity contribution in [2.24, 2.45) is 5.73 Å². The molecule has 0 aliphatic rings. The zero-order valence-corrected chi connectivity index (χ0v) is 7.19. The SMILES string of the molecule is NC(=O)n1ccc2c(Cl)ncnc21.[KH]. The molecule has 0 atom stereocenters. The van der Waals surface area contributed by atoms with E-state index in [1.54, 1.807) is 6.07 Å². The van der Waals surface area contributed by atoms with E-state index in [0.29, 0.717) is 16.2 Å². The zero-order chi connectivity index (χ0) is 9.42. The average Bonchev–Trinajstić information content (AvgIpc) is 2.48. The van der Waals surface area contributed by atoms with Gasteiger partial charge in [-0.25, -0.2) is 14.8 Å². The van der Waals surface area contributed by atoms with Crippen molar-refractivity contribution in [3.8, 4) is 0 Å². The summed E-state index contributed by atoms with van der Waals surface area (Å²) in [6, 6.07) is 1.05. The number of hydrogen-bond acceptors (Lipinski definition) is 3. The Hall–Kier alpha value is 0.0164. The van der Waals surface area contributed by atoms with Gasteiger partial charge in [0.05, 0.1) is 5.39 Å². The van der Waals surface area contributed by atoms with Crippen LogP contribution in [-0.2, 0) is 0 Å². The molecule has 14 heavy (non-hydrogen) atoms. The Bertz CT molecular complexity index is 483. The molecule has 2 N–H and O–H groups in total. The second-order valence-electron chi connectivity index (χ2n) is 2.43. The molecule has 68 valence electrons. The Kier molecular flexibility index (Phi) is 4.05. The van der Waals surface area contributed by atoms with Crippen molar-refractivity contribution in [1.82, 2.24) is 14.5 Å². The first kappa shape index (κ1) is 12.1. The Labute approximate surface area is 127 Å². The summed E-state index contributed by atoms with van der Waals surface area (Å²) in [5.41, 5.74) is 5.52. The van der Waals surface area contributed by atoms with Crippen molar-refractivity contribution in [3.63, 3.8) is 0 Å². The molecule has 0 aromatic carbocycles. The number of primary amides is 1. The summed E-state index contributed by atoms with van der Waals surface area (Å²) in [5, 5.41) is 0.924. The fourth-order valence-corrected chi connectivity index (χ4v) is 1.29. The summed E-state index contributed by atoms with van der Waals surface area (Å²) in [6.45, 7) is 0. The topological polar surface area (TPSA) is 73.8 Å². The number of carbonyl (C=O) groups is 1. The molecule has 2 aromatic heterocycles. The predicted molar refractivity (Wildman–Crippen MR) is 54.7 cm³/mol. The van der Waals surface area contributed by atoms with Gasteiger partial charge in [-0.1, -0.05) is 11.6 Å². The van der Waals surface area contributed by atoms with Gasteiger partial charge in [0, 0.05) is 6.20 Å². The van der Waals surface area contributed by atoms with Crippen LogP contribution in [0.25, 0.3) is 11.0 Å². The first-order valence-electron chi connectivity index (χ1n) is 3.47. The van der Waals surface area contributed by atoms with Gasteiger partial charge in [-0.2, -0.15) is 0 Å². The first-order chi connectivity index (χ1) is 6.20. The molecular formula is C7H6ClKN4O. The van der Waals surface area contributed by atoms with Crippen LogP contribution in [0.1, 0.15) is 0 Å². The van der Waals surface area contributed by atoms with Gasteiger partial charge in [0.2, 0.25) is 0 Å². The van der Waals surface area contributed by atoms with Gasteiger partial charge in [-0.15, -0.1) is 0 Å². The van der Waals surface area contributed by atoms with Crippen LogP contribution in [0.4, 0.5) is 4.79 Å². The molecular weight excluding hydrogens is 231 g/mol. The van der Waals surface area contributed by atoms with Gasteiger partial charge in [0.1, 0.15) is 11.5 Å². The van der Waals surface area contributed by atoms with Crippen LogP contribution in [0.2, 0.25) is 5.15 Å². The van der Waals surface area contributed by atoms with Crippen LogP contribution in [0, 0.1) is 0 Å². The van der Waals surface area contributed by atoms with E-state index in [0.717, 1.165) is 0 Å². The predicted octanol–water partition coefficient (Wildman–Crippen LogP) is 0.363. The van der Waals surface area contributed by atoms with Crippen LogP contribution in [0.15, 0.2) is 18.6 Å². The quantitative estimate of drug-likeness (QED) is 0.530. The maximum atomic E-state index is 10.9. The van der Waals surface area contributed by atoms with E-state index in [1.165, 1.54) is 17.1 Å². The number of nitrogens with two attached hydrogens (primary N) is 1. The van der Waals surface area contributed by atoms with Gasteiger partial charge in [0.25, 0.3) is 0 Å². The number of aromatic nitrogens is 3. The Balaban J connectivity index is 0.000000980. The van der Waals surface area contributed by atoms with Gasteiger partial charge in [-0.3, -0.25) is 4.57 Å². The van der Waals surface area contributed by atoms with Crippen molar-refractivity contribution in [2.75, 3.05) is 0 Å². The number of halogens is 1. The van der Waals surface area contributed by atoms with Gasteiger partial charge in [0.15, 0.2) is 5.65 Å². The zero-order valence-electron chi connectivity index (χ0n) is 6.44. The normalized spacial score (nSPS) is 9.79. The molecule has 2 aromatic rings. The number of amides is 1. The first-order valence-corrected chi connectivity index (χ1v) is 3.85. The van der Waals surface area contributed by atoms with Crippen molar-refractivity contribution >= 4 is 80.0 Å². The standard InChI is InChI=1S/C7H5ClN4O.K.H/c8-5-4-1-2-12(7(9)13)6(4)11-3-10-5;;/h1-3H,(H2,9,13);;. The number of carbonyl (C=O) groups excluding carboxylic acids is 1. The Morgan fingerprint density at radius 2 is 2.21 bits per heavy atom. The van der Waals surface area contributed by atoms with Crippen LogP contribution in [0.3, 0.4) is 0 Å². The molecule has 0 unspecified atom stereocenters. The molecule has 0 spiro atoms. The van der Waals surface area contributed by atoms with E-state index in [-0.39, 0.29) is 51.4 Å². The monoisotopic (exact) mass is 236 g/mol. The summed E-state index contributed by atoms with van der Waals surface area (Å²) in [6.07, 6.45) is 2.79. The van der Waals surface area contributed by atoms with Crippen molar-refractivity contribution in [2.45, 2.75) is 0 Å². The van der Waals surface area contributed by atoms with Crippen LogP contribution in [-0.4, -0.2) is 72.0 Å². The summed E-state index contributed by atoms with van der Waals surface area (Å²) < 4.78 is 1.21. The summed E-state index contributed by atoms with van der Waals surface area (Å²) in [5.74, 6) is 0. The van der Waals surface area contributed by atoms with Gasteiger partial charge < -0.3 is 5.73 Å². The van der Waals surface area contributed by atoms with Crippen molar-refractivity contribution in [3.05, 3.63) is 23.7 Å². The molecule has 0 fully saturated rings. The molecule has 7 heteroatoms. The van der Waals surface area contributed by atoms with E-state index in [2.05, 4.69) is 9.97 Å².